The van der Waals surface area contributed by atoms with Crippen molar-refractivity contribution in [3.05, 3.63) is 6.33 Å². The molecule has 9 heteroatoms. The maximum Gasteiger partial charge on any atom is 0.184 e. The summed E-state index contributed by atoms with van der Waals surface area (Å²) in [4.78, 5) is 7.86. The molecule has 96 valence electrons. The van der Waals surface area contributed by atoms with Gasteiger partial charge in [-0.15, -0.1) is 5.10 Å². The van der Waals surface area contributed by atoms with Crippen LogP contribution in [-0.2, 0) is 4.74 Å². The highest BCUT2D eigenvalue weighted by molar-refractivity contribution is 5.80. The predicted molar refractivity (Wildman–Crippen MR) is 59.4 cm³/mol. The van der Waals surface area contributed by atoms with Crippen LogP contribution in [0.2, 0.25) is 0 Å². The second kappa shape index (κ2) is 4.12. The lowest BCUT2D eigenvalue weighted by Crippen LogP contribution is -2.31. The minimum atomic E-state index is -0.865. The standard InChI is InChI=1S/C9H12N6O3/c10-8-6-9(12-3-11-8)15(14-13-6)4-2-18-5(1-16)7(4)17/h3-5,7,16-17H,1-2H2,(H2,10,11,12). The van der Waals surface area contributed by atoms with Crippen molar-refractivity contribution in [3.8, 4) is 0 Å². The van der Waals surface area contributed by atoms with Crippen molar-refractivity contribution < 1.29 is 14.9 Å². The molecule has 0 radical (unpaired) electrons. The minimum Gasteiger partial charge on any atom is -0.394 e. The summed E-state index contributed by atoms with van der Waals surface area (Å²) in [5.41, 5.74) is 6.48. The lowest BCUT2D eigenvalue weighted by atomic mass is 10.1. The molecule has 18 heavy (non-hydrogen) atoms. The Morgan fingerprint density at radius 3 is 3.06 bits per heavy atom. The average molecular weight is 252 g/mol. The molecule has 2 aromatic rings. The molecule has 4 N–H and O–H groups in total. The molecule has 0 spiro atoms. The van der Waals surface area contributed by atoms with Crippen LogP contribution in [0.15, 0.2) is 6.33 Å². The molecule has 3 rings (SSSR count). The van der Waals surface area contributed by atoms with Gasteiger partial charge in [-0.3, -0.25) is 0 Å². The molecule has 9 nitrogen and oxygen atoms in total. The number of nitrogen functional groups attached to an aromatic ring is 1. The van der Waals surface area contributed by atoms with Crippen LogP contribution in [-0.4, -0.2) is 60.6 Å². The molecule has 1 saturated heterocycles. The van der Waals surface area contributed by atoms with Gasteiger partial charge in [-0.25, -0.2) is 14.6 Å². The molecule has 3 heterocycles. The Bertz CT molecular complexity index is 572. The number of rotatable bonds is 2. The van der Waals surface area contributed by atoms with Crippen molar-refractivity contribution in [3.63, 3.8) is 0 Å². The maximum absolute atomic E-state index is 10.0. The molecular weight excluding hydrogens is 240 g/mol. The van der Waals surface area contributed by atoms with E-state index in [0.29, 0.717) is 11.2 Å². The molecule has 0 aromatic carbocycles. The number of hydrogen-bond donors (Lipinski definition) is 3. The first kappa shape index (κ1) is 11.3. The van der Waals surface area contributed by atoms with Gasteiger partial charge in [0.25, 0.3) is 0 Å². The summed E-state index contributed by atoms with van der Waals surface area (Å²) in [6, 6.07) is -0.443. The molecular formula is C9H12N6O3. The Morgan fingerprint density at radius 2 is 2.33 bits per heavy atom. The highest BCUT2D eigenvalue weighted by Gasteiger charge is 2.38. The second-order valence-corrected chi connectivity index (χ2v) is 4.08. The Balaban J connectivity index is 2.03. The van der Waals surface area contributed by atoms with E-state index in [4.69, 9.17) is 15.6 Å². The van der Waals surface area contributed by atoms with Gasteiger partial charge in [-0.2, -0.15) is 0 Å². The summed E-state index contributed by atoms with van der Waals surface area (Å²) < 4.78 is 6.72. The van der Waals surface area contributed by atoms with Crippen molar-refractivity contribution in [1.82, 2.24) is 25.0 Å². The summed E-state index contributed by atoms with van der Waals surface area (Å²) >= 11 is 0. The molecule has 3 unspecified atom stereocenters. The van der Waals surface area contributed by atoms with E-state index >= 15 is 0 Å². The summed E-state index contributed by atoms with van der Waals surface area (Å²) in [5.74, 6) is 0.235. The minimum absolute atomic E-state index is 0.231. The van der Waals surface area contributed by atoms with Crippen LogP contribution >= 0.6 is 0 Å². The second-order valence-electron chi connectivity index (χ2n) is 4.08. The smallest absolute Gasteiger partial charge is 0.184 e. The third-order valence-electron chi connectivity index (χ3n) is 3.04. The van der Waals surface area contributed by atoms with Gasteiger partial charge in [0.1, 0.15) is 24.6 Å². The Hall–Kier alpha value is -1.84. The summed E-state index contributed by atoms with van der Waals surface area (Å²) in [7, 11) is 0. The zero-order chi connectivity index (χ0) is 12.7. The molecule has 0 aliphatic carbocycles. The maximum atomic E-state index is 10.0. The van der Waals surface area contributed by atoms with Crippen LogP contribution in [0.3, 0.4) is 0 Å². The van der Waals surface area contributed by atoms with E-state index in [2.05, 4.69) is 20.3 Å². The van der Waals surface area contributed by atoms with Gasteiger partial charge in [-0.1, -0.05) is 5.21 Å². The fourth-order valence-electron chi connectivity index (χ4n) is 2.05. The van der Waals surface area contributed by atoms with E-state index in [9.17, 15) is 5.11 Å². The molecule has 0 amide bonds. The number of aliphatic hydroxyl groups is 2. The average Bonchev–Trinajstić information content (AvgIpc) is 2.93. The van der Waals surface area contributed by atoms with E-state index in [1.807, 2.05) is 0 Å². The first-order valence-electron chi connectivity index (χ1n) is 5.44. The number of fused-ring (bicyclic) bond motifs is 1. The monoisotopic (exact) mass is 252 g/mol. The van der Waals surface area contributed by atoms with Gasteiger partial charge >= 0.3 is 0 Å². The van der Waals surface area contributed by atoms with Gasteiger partial charge in [0.2, 0.25) is 0 Å². The SMILES string of the molecule is Nc1ncnc2c1nnn2C1COC(CO)C1O. The highest BCUT2D eigenvalue weighted by atomic mass is 16.5. The Labute approximate surface area is 101 Å². The zero-order valence-electron chi connectivity index (χ0n) is 9.34. The van der Waals surface area contributed by atoms with Gasteiger partial charge < -0.3 is 20.7 Å². The normalized spacial score (nSPS) is 28.0. The number of ether oxygens (including phenoxy) is 1. The van der Waals surface area contributed by atoms with Crippen molar-refractivity contribution in [2.24, 2.45) is 0 Å². The van der Waals surface area contributed by atoms with E-state index in [1.54, 1.807) is 0 Å². The van der Waals surface area contributed by atoms with Crippen molar-refractivity contribution in [2.45, 2.75) is 18.2 Å². The fraction of sp³-hybridized carbons (Fsp3) is 0.556. The van der Waals surface area contributed by atoms with E-state index in [-0.39, 0.29) is 19.0 Å². The van der Waals surface area contributed by atoms with Crippen LogP contribution in [0.5, 0.6) is 0 Å². The van der Waals surface area contributed by atoms with Crippen LogP contribution < -0.4 is 5.73 Å². The topological polar surface area (TPSA) is 132 Å². The van der Waals surface area contributed by atoms with Crippen LogP contribution in [0, 0.1) is 0 Å². The number of nitrogens with two attached hydrogens (primary N) is 1. The lowest BCUT2D eigenvalue weighted by Gasteiger charge is -2.15. The molecule has 0 bridgehead atoms. The van der Waals surface area contributed by atoms with Crippen LogP contribution in [0.4, 0.5) is 5.82 Å². The molecule has 0 saturated carbocycles. The molecule has 1 aliphatic rings. The molecule has 2 aromatic heterocycles. The number of hydrogen-bond acceptors (Lipinski definition) is 8. The van der Waals surface area contributed by atoms with E-state index in [1.165, 1.54) is 11.0 Å². The quantitative estimate of drug-likeness (QED) is 0.564. The number of nitrogens with zero attached hydrogens (tertiary/aromatic N) is 5. The number of aliphatic hydroxyl groups excluding tert-OH is 2. The third kappa shape index (κ3) is 1.52. The predicted octanol–water partition coefficient (Wildman–Crippen LogP) is -1.90. The molecule has 1 fully saturated rings. The first-order chi connectivity index (χ1) is 8.72. The number of aromatic nitrogens is 5. The van der Waals surface area contributed by atoms with Gasteiger partial charge in [-0.05, 0) is 0 Å². The van der Waals surface area contributed by atoms with Gasteiger partial charge in [0.15, 0.2) is 17.0 Å². The lowest BCUT2D eigenvalue weighted by molar-refractivity contribution is 0.00177. The van der Waals surface area contributed by atoms with Crippen molar-refractivity contribution in [1.29, 1.82) is 0 Å². The largest absolute Gasteiger partial charge is 0.394 e. The number of anilines is 1. The Kier molecular flexibility index (Phi) is 2.58. The van der Waals surface area contributed by atoms with Gasteiger partial charge in [0, 0.05) is 0 Å². The van der Waals surface area contributed by atoms with E-state index in [0.717, 1.165) is 0 Å². The first-order valence-corrected chi connectivity index (χ1v) is 5.44. The van der Waals surface area contributed by atoms with E-state index < -0.39 is 18.2 Å². The zero-order valence-corrected chi connectivity index (χ0v) is 9.34. The Morgan fingerprint density at radius 1 is 1.50 bits per heavy atom. The third-order valence-corrected chi connectivity index (χ3v) is 3.04. The fourth-order valence-corrected chi connectivity index (χ4v) is 2.05. The summed E-state index contributed by atoms with van der Waals surface area (Å²) in [6.07, 6.45) is -0.173. The van der Waals surface area contributed by atoms with Gasteiger partial charge in [0.05, 0.1) is 13.2 Å². The highest BCUT2D eigenvalue weighted by Crippen LogP contribution is 2.27. The molecule has 3 atom stereocenters. The molecule has 1 aliphatic heterocycles. The van der Waals surface area contributed by atoms with Crippen molar-refractivity contribution in [2.75, 3.05) is 18.9 Å². The van der Waals surface area contributed by atoms with Crippen LogP contribution in [0.25, 0.3) is 11.2 Å². The summed E-state index contributed by atoms with van der Waals surface area (Å²) in [6.45, 7) is -0.0177. The van der Waals surface area contributed by atoms with Crippen LogP contribution in [0.1, 0.15) is 6.04 Å². The van der Waals surface area contributed by atoms with Crippen molar-refractivity contribution >= 4 is 17.0 Å². The summed E-state index contributed by atoms with van der Waals surface area (Å²) in [5, 5.41) is 26.8.